The number of amides is 1. The van der Waals surface area contributed by atoms with Gasteiger partial charge >= 0.3 is 0 Å². The molecule has 1 saturated heterocycles. The van der Waals surface area contributed by atoms with E-state index in [1.54, 1.807) is 4.90 Å². The van der Waals surface area contributed by atoms with E-state index in [0.29, 0.717) is 12.5 Å². The zero-order chi connectivity index (χ0) is 11.8. The number of likely N-dealkylation sites (N-methyl/N-ethyl adjacent to an activating group) is 1. The number of nitrogens with one attached hydrogen (secondary N) is 1. The van der Waals surface area contributed by atoms with Crippen molar-refractivity contribution in [2.24, 2.45) is 5.92 Å². The van der Waals surface area contributed by atoms with Crippen LogP contribution in [0.25, 0.3) is 0 Å². The van der Waals surface area contributed by atoms with Crippen molar-refractivity contribution < 1.29 is 13.6 Å². The van der Waals surface area contributed by atoms with Crippen LogP contribution in [0.2, 0.25) is 0 Å². The van der Waals surface area contributed by atoms with Crippen LogP contribution in [-0.2, 0) is 4.79 Å². The summed E-state index contributed by atoms with van der Waals surface area (Å²) in [6.07, 6.45) is 1.98. The van der Waals surface area contributed by atoms with Gasteiger partial charge in [0.05, 0.1) is 12.6 Å². The van der Waals surface area contributed by atoms with Crippen LogP contribution < -0.4 is 5.32 Å². The highest BCUT2D eigenvalue weighted by atomic mass is 35.5. The van der Waals surface area contributed by atoms with E-state index in [2.05, 4.69) is 5.32 Å². The highest BCUT2D eigenvalue weighted by Crippen LogP contribution is 2.31. The number of hydrogen-bond acceptors (Lipinski definition) is 2. The standard InChI is InChI=1S/C11H18F2N2O.ClH/c1-2-15(6-8-3-4-8)10(16)9-5-11(12,13)7-14-9;/h8-9,14H,2-7H2,1H3;1H. The smallest absolute Gasteiger partial charge is 0.262 e. The Bertz CT molecular complexity index is 281. The lowest BCUT2D eigenvalue weighted by atomic mass is 10.1. The van der Waals surface area contributed by atoms with Crippen molar-refractivity contribution in [3.8, 4) is 0 Å². The predicted molar refractivity (Wildman–Crippen MR) is 63.6 cm³/mol. The van der Waals surface area contributed by atoms with Gasteiger partial charge in [0.1, 0.15) is 0 Å². The molecule has 2 rings (SSSR count). The molecule has 1 saturated carbocycles. The zero-order valence-electron chi connectivity index (χ0n) is 9.92. The first-order valence-corrected chi connectivity index (χ1v) is 5.92. The third kappa shape index (κ3) is 3.78. The Morgan fingerprint density at radius 2 is 2.12 bits per heavy atom. The van der Waals surface area contributed by atoms with Crippen molar-refractivity contribution in [1.82, 2.24) is 10.2 Å². The maximum absolute atomic E-state index is 13.0. The second-order valence-electron chi connectivity index (χ2n) is 4.81. The highest BCUT2D eigenvalue weighted by molar-refractivity contribution is 5.85. The van der Waals surface area contributed by atoms with Gasteiger partial charge in [-0.25, -0.2) is 8.78 Å². The van der Waals surface area contributed by atoms with Crippen molar-refractivity contribution in [2.45, 2.75) is 38.2 Å². The summed E-state index contributed by atoms with van der Waals surface area (Å²) in [6.45, 7) is 2.87. The Balaban J connectivity index is 0.00000144. The third-order valence-electron chi connectivity index (χ3n) is 3.28. The van der Waals surface area contributed by atoms with E-state index in [4.69, 9.17) is 0 Å². The van der Waals surface area contributed by atoms with Gasteiger partial charge in [0, 0.05) is 19.5 Å². The summed E-state index contributed by atoms with van der Waals surface area (Å²) >= 11 is 0. The molecule has 2 fully saturated rings. The average molecular weight is 269 g/mol. The number of carbonyl (C=O) groups is 1. The molecule has 1 aliphatic heterocycles. The first-order chi connectivity index (χ1) is 7.52. The Morgan fingerprint density at radius 1 is 1.47 bits per heavy atom. The van der Waals surface area contributed by atoms with Crippen LogP contribution in [0.15, 0.2) is 0 Å². The van der Waals surface area contributed by atoms with E-state index >= 15 is 0 Å². The Hall–Kier alpha value is -0.420. The average Bonchev–Trinajstić information content (AvgIpc) is 2.97. The Labute approximate surface area is 106 Å². The predicted octanol–water partition coefficient (Wildman–Crippen LogP) is 1.66. The molecule has 1 unspecified atom stereocenters. The second-order valence-corrected chi connectivity index (χ2v) is 4.81. The molecule has 1 aliphatic carbocycles. The maximum atomic E-state index is 13.0. The number of carbonyl (C=O) groups excluding carboxylic acids is 1. The van der Waals surface area contributed by atoms with Crippen LogP contribution in [-0.4, -0.2) is 42.4 Å². The molecule has 2 aliphatic rings. The van der Waals surface area contributed by atoms with Gasteiger partial charge in [-0.2, -0.15) is 0 Å². The normalized spacial score (nSPS) is 26.4. The molecular weight excluding hydrogens is 250 g/mol. The lowest BCUT2D eigenvalue weighted by molar-refractivity contribution is -0.133. The number of alkyl halides is 2. The summed E-state index contributed by atoms with van der Waals surface area (Å²) in [5.74, 6) is -2.28. The zero-order valence-corrected chi connectivity index (χ0v) is 10.7. The third-order valence-corrected chi connectivity index (χ3v) is 3.28. The first-order valence-electron chi connectivity index (χ1n) is 5.92. The van der Waals surface area contributed by atoms with Crippen molar-refractivity contribution in [2.75, 3.05) is 19.6 Å². The second kappa shape index (κ2) is 5.48. The van der Waals surface area contributed by atoms with Crippen LogP contribution in [0.1, 0.15) is 26.2 Å². The molecular formula is C11H19ClF2N2O. The van der Waals surface area contributed by atoms with Crippen molar-refractivity contribution in [3.05, 3.63) is 0 Å². The van der Waals surface area contributed by atoms with E-state index in [9.17, 15) is 13.6 Å². The van der Waals surface area contributed by atoms with Gasteiger partial charge in [0.25, 0.3) is 5.92 Å². The van der Waals surface area contributed by atoms with Gasteiger partial charge in [-0.3, -0.25) is 10.1 Å². The first kappa shape index (κ1) is 14.6. The minimum Gasteiger partial charge on any atom is -0.341 e. The summed E-state index contributed by atoms with van der Waals surface area (Å²) in [6, 6.07) is -0.686. The molecule has 17 heavy (non-hydrogen) atoms. The lowest BCUT2D eigenvalue weighted by Gasteiger charge is -2.24. The molecule has 0 spiro atoms. The summed E-state index contributed by atoms with van der Waals surface area (Å²) in [5, 5.41) is 2.61. The largest absolute Gasteiger partial charge is 0.341 e. The van der Waals surface area contributed by atoms with E-state index in [1.807, 2.05) is 6.92 Å². The quantitative estimate of drug-likeness (QED) is 0.841. The van der Waals surface area contributed by atoms with Crippen molar-refractivity contribution in [1.29, 1.82) is 0 Å². The Morgan fingerprint density at radius 3 is 2.53 bits per heavy atom. The molecule has 0 bridgehead atoms. The van der Waals surface area contributed by atoms with Crippen LogP contribution in [0, 0.1) is 5.92 Å². The van der Waals surface area contributed by atoms with Gasteiger partial charge < -0.3 is 4.90 Å². The minimum absolute atomic E-state index is 0. The minimum atomic E-state index is -2.72. The molecule has 1 heterocycles. The van der Waals surface area contributed by atoms with Gasteiger partial charge in [0.2, 0.25) is 5.91 Å². The summed E-state index contributed by atoms with van der Waals surface area (Å²) in [5.41, 5.74) is 0. The van der Waals surface area contributed by atoms with E-state index in [1.165, 1.54) is 0 Å². The maximum Gasteiger partial charge on any atom is 0.262 e. The summed E-state index contributed by atoms with van der Waals surface area (Å²) in [7, 11) is 0. The van der Waals surface area contributed by atoms with Gasteiger partial charge in [-0.15, -0.1) is 12.4 Å². The number of halogens is 3. The molecule has 3 nitrogen and oxygen atoms in total. The molecule has 0 aromatic rings. The molecule has 1 atom stereocenters. The van der Waals surface area contributed by atoms with Crippen molar-refractivity contribution >= 4 is 18.3 Å². The molecule has 1 N–H and O–H groups in total. The molecule has 0 aromatic carbocycles. The summed E-state index contributed by atoms with van der Waals surface area (Å²) in [4.78, 5) is 13.7. The molecule has 0 aromatic heterocycles. The van der Waals surface area contributed by atoms with Crippen LogP contribution >= 0.6 is 12.4 Å². The van der Waals surface area contributed by atoms with Crippen molar-refractivity contribution in [3.63, 3.8) is 0 Å². The SMILES string of the molecule is CCN(CC1CC1)C(=O)C1CC(F)(F)CN1.Cl. The number of nitrogens with zero attached hydrogens (tertiary/aromatic N) is 1. The van der Waals surface area contributed by atoms with E-state index in [-0.39, 0.29) is 31.3 Å². The molecule has 6 heteroatoms. The number of rotatable bonds is 4. The van der Waals surface area contributed by atoms with E-state index in [0.717, 1.165) is 19.4 Å². The van der Waals surface area contributed by atoms with Crippen LogP contribution in [0.3, 0.4) is 0 Å². The monoisotopic (exact) mass is 268 g/mol. The van der Waals surface area contributed by atoms with Crippen LogP contribution in [0.4, 0.5) is 8.78 Å². The summed E-state index contributed by atoms with van der Waals surface area (Å²) < 4.78 is 25.9. The highest BCUT2D eigenvalue weighted by Gasteiger charge is 2.43. The fourth-order valence-electron chi connectivity index (χ4n) is 2.10. The molecule has 100 valence electrons. The van der Waals surface area contributed by atoms with Gasteiger partial charge in [-0.1, -0.05) is 0 Å². The van der Waals surface area contributed by atoms with Gasteiger partial charge in [-0.05, 0) is 25.7 Å². The number of hydrogen-bond donors (Lipinski definition) is 1. The van der Waals surface area contributed by atoms with Crippen LogP contribution in [0.5, 0.6) is 0 Å². The topological polar surface area (TPSA) is 32.3 Å². The fraction of sp³-hybridized carbons (Fsp3) is 0.909. The van der Waals surface area contributed by atoms with E-state index < -0.39 is 12.0 Å². The Kier molecular flexibility index (Phi) is 4.72. The molecule has 1 amide bonds. The lowest BCUT2D eigenvalue weighted by Crippen LogP contribution is -2.44. The van der Waals surface area contributed by atoms with Gasteiger partial charge in [0.15, 0.2) is 0 Å². The fourth-order valence-corrected chi connectivity index (χ4v) is 2.10. The molecule has 0 radical (unpaired) electrons.